The predicted octanol–water partition coefficient (Wildman–Crippen LogP) is 5.37. The Hall–Kier alpha value is -2.20. The molecule has 0 saturated heterocycles. The van der Waals surface area contributed by atoms with Gasteiger partial charge in [0.05, 0.1) is 12.7 Å². The van der Waals surface area contributed by atoms with Crippen LogP contribution < -0.4 is 14.2 Å². The Morgan fingerprint density at radius 1 is 1.00 bits per heavy atom. The summed E-state index contributed by atoms with van der Waals surface area (Å²) >= 11 is 6.34. The first-order valence-corrected chi connectivity index (χ1v) is 9.22. The topological polar surface area (TPSA) is 44.8 Å². The molecule has 0 heterocycles. The summed E-state index contributed by atoms with van der Waals surface area (Å²) in [6.07, 6.45) is 2.00. The molecular formula is C21H25ClO4. The van der Waals surface area contributed by atoms with Crippen molar-refractivity contribution in [1.29, 1.82) is 0 Å². The first-order chi connectivity index (χ1) is 12.5. The van der Waals surface area contributed by atoms with Crippen LogP contribution in [0.3, 0.4) is 0 Å². The van der Waals surface area contributed by atoms with Crippen LogP contribution >= 0.6 is 11.6 Å². The van der Waals surface area contributed by atoms with Crippen LogP contribution in [0, 0.1) is 0 Å². The van der Waals surface area contributed by atoms with Gasteiger partial charge >= 0.3 is 5.97 Å². The zero-order valence-corrected chi connectivity index (χ0v) is 16.5. The van der Waals surface area contributed by atoms with Gasteiger partial charge in [0.2, 0.25) is 0 Å². The molecule has 2 rings (SSSR count). The molecule has 0 fully saturated rings. The maximum absolute atomic E-state index is 11.7. The largest absolute Gasteiger partial charge is 0.496 e. The molecule has 5 heteroatoms. The van der Waals surface area contributed by atoms with Gasteiger partial charge in [-0.15, -0.1) is 0 Å². The molecule has 0 spiro atoms. The van der Waals surface area contributed by atoms with Crippen LogP contribution in [-0.2, 0) is 24.2 Å². The van der Waals surface area contributed by atoms with Crippen molar-refractivity contribution >= 4 is 17.6 Å². The minimum absolute atomic E-state index is 0.213. The van der Waals surface area contributed by atoms with Gasteiger partial charge < -0.3 is 14.2 Å². The van der Waals surface area contributed by atoms with E-state index in [1.807, 2.05) is 12.1 Å². The monoisotopic (exact) mass is 376 g/mol. The Bertz CT molecular complexity index is 771. The fraction of sp³-hybridized carbons (Fsp3) is 0.381. The number of methoxy groups -OCH3 is 1. The summed E-state index contributed by atoms with van der Waals surface area (Å²) in [5.74, 6) is 1.49. The molecule has 0 N–H and O–H groups in total. The Morgan fingerprint density at radius 3 is 2.31 bits per heavy atom. The first kappa shape index (κ1) is 20.1. The van der Waals surface area contributed by atoms with E-state index in [0.29, 0.717) is 28.5 Å². The fourth-order valence-corrected chi connectivity index (χ4v) is 2.94. The van der Waals surface area contributed by atoms with E-state index in [4.69, 9.17) is 25.8 Å². The normalized spacial score (nSPS) is 10.5. The molecular weight excluding hydrogens is 352 g/mol. The molecule has 0 unspecified atom stereocenters. The van der Waals surface area contributed by atoms with Crippen molar-refractivity contribution in [3.05, 3.63) is 52.0 Å². The lowest BCUT2D eigenvalue weighted by molar-refractivity contribution is -0.134. The van der Waals surface area contributed by atoms with Gasteiger partial charge in [-0.1, -0.05) is 44.5 Å². The minimum Gasteiger partial charge on any atom is -0.496 e. The summed E-state index contributed by atoms with van der Waals surface area (Å²) in [6, 6.07) is 9.27. The molecule has 0 aliphatic heterocycles. The van der Waals surface area contributed by atoms with Crippen LogP contribution in [0.1, 0.15) is 43.9 Å². The van der Waals surface area contributed by atoms with Crippen LogP contribution in [0.4, 0.5) is 0 Å². The number of rotatable bonds is 8. The van der Waals surface area contributed by atoms with E-state index >= 15 is 0 Å². The van der Waals surface area contributed by atoms with Crippen LogP contribution in [0.5, 0.6) is 17.2 Å². The molecule has 0 aliphatic carbocycles. The highest BCUT2D eigenvalue weighted by molar-refractivity contribution is 6.31. The maximum Gasteiger partial charge on any atom is 0.310 e. The maximum atomic E-state index is 11.7. The van der Waals surface area contributed by atoms with Crippen molar-refractivity contribution in [3.63, 3.8) is 0 Å². The number of benzene rings is 2. The van der Waals surface area contributed by atoms with Crippen molar-refractivity contribution in [2.75, 3.05) is 7.11 Å². The molecule has 0 radical (unpaired) electrons. The van der Waals surface area contributed by atoms with Gasteiger partial charge in [0, 0.05) is 11.4 Å². The molecule has 140 valence electrons. The summed E-state index contributed by atoms with van der Waals surface area (Å²) in [6.45, 7) is 6.12. The number of aryl methyl sites for hydroxylation is 2. The Kier molecular flexibility index (Phi) is 7.34. The summed E-state index contributed by atoms with van der Waals surface area (Å²) in [5, 5.41) is 0.692. The van der Waals surface area contributed by atoms with Gasteiger partial charge in [-0.2, -0.15) is 0 Å². The van der Waals surface area contributed by atoms with Crippen LogP contribution in [0.2, 0.25) is 5.02 Å². The van der Waals surface area contributed by atoms with E-state index in [2.05, 4.69) is 19.9 Å². The first-order valence-electron chi connectivity index (χ1n) is 8.84. The van der Waals surface area contributed by atoms with E-state index < -0.39 is 0 Å². The van der Waals surface area contributed by atoms with E-state index in [1.54, 1.807) is 26.2 Å². The molecule has 0 aromatic heterocycles. The van der Waals surface area contributed by atoms with Gasteiger partial charge in [-0.3, -0.25) is 4.79 Å². The molecule has 0 aliphatic rings. The Morgan fingerprint density at radius 2 is 1.69 bits per heavy atom. The molecule has 2 aromatic carbocycles. The summed E-state index contributed by atoms with van der Waals surface area (Å²) in [7, 11) is 1.58. The lowest BCUT2D eigenvalue weighted by atomic mass is 10.1. The molecule has 4 nitrogen and oxygen atoms in total. The van der Waals surface area contributed by atoms with E-state index in [1.165, 1.54) is 0 Å². The highest BCUT2D eigenvalue weighted by atomic mass is 35.5. The highest BCUT2D eigenvalue weighted by Gasteiger charge is 2.15. The summed E-state index contributed by atoms with van der Waals surface area (Å²) in [4.78, 5) is 11.7. The lowest BCUT2D eigenvalue weighted by Crippen LogP contribution is -2.10. The molecule has 0 amide bonds. The van der Waals surface area contributed by atoms with Crippen molar-refractivity contribution in [3.8, 4) is 17.2 Å². The SMILES string of the molecule is CCC(=O)Oc1cccc(OC)c1COc1cc(Cl)c(CC)cc1CC. The fourth-order valence-electron chi connectivity index (χ4n) is 2.65. The number of halogens is 1. The second kappa shape index (κ2) is 9.48. The molecule has 0 saturated carbocycles. The number of carbonyl (C=O) groups excluding carboxylic acids is 1. The van der Waals surface area contributed by atoms with E-state index in [0.717, 1.165) is 29.7 Å². The van der Waals surface area contributed by atoms with E-state index in [-0.39, 0.29) is 12.6 Å². The standard InChI is InChI=1S/C21H25ClO4/c1-5-14-11-15(6-2)20(12-17(14)22)25-13-16-18(24-4)9-8-10-19(16)26-21(23)7-3/h8-12H,5-7,13H2,1-4H3. The molecule has 26 heavy (non-hydrogen) atoms. The zero-order valence-electron chi connectivity index (χ0n) is 15.7. The van der Waals surface area contributed by atoms with Crippen molar-refractivity contribution in [2.24, 2.45) is 0 Å². The smallest absolute Gasteiger partial charge is 0.310 e. The summed E-state index contributed by atoms with van der Waals surface area (Å²) < 4.78 is 16.9. The number of ether oxygens (including phenoxy) is 3. The van der Waals surface area contributed by atoms with Crippen molar-refractivity contribution < 1.29 is 19.0 Å². The van der Waals surface area contributed by atoms with Crippen LogP contribution in [0.25, 0.3) is 0 Å². The number of hydrogen-bond donors (Lipinski definition) is 0. The van der Waals surface area contributed by atoms with Gasteiger partial charge in [0.15, 0.2) is 0 Å². The third kappa shape index (κ3) is 4.70. The average molecular weight is 377 g/mol. The van der Waals surface area contributed by atoms with Gasteiger partial charge in [-0.25, -0.2) is 0 Å². The average Bonchev–Trinajstić information content (AvgIpc) is 2.66. The van der Waals surface area contributed by atoms with Gasteiger partial charge in [-0.05, 0) is 42.2 Å². The van der Waals surface area contributed by atoms with Crippen molar-refractivity contribution in [2.45, 2.75) is 46.6 Å². The van der Waals surface area contributed by atoms with Gasteiger partial charge in [0.1, 0.15) is 23.9 Å². The predicted molar refractivity (Wildman–Crippen MR) is 103 cm³/mol. The van der Waals surface area contributed by atoms with Crippen LogP contribution in [0.15, 0.2) is 30.3 Å². The second-order valence-corrected chi connectivity index (χ2v) is 6.22. The third-order valence-electron chi connectivity index (χ3n) is 4.19. The summed E-state index contributed by atoms with van der Waals surface area (Å²) in [5.41, 5.74) is 2.88. The van der Waals surface area contributed by atoms with Gasteiger partial charge in [0.25, 0.3) is 0 Å². The number of esters is 1. The molecule has 0 bridgehead atoms. The second-order valence-electron chi connectivity index (χ2n) is 5.81. The van der Waals surface area contributed by atoms with Crippen molar-refractivity contribution in [1.82, 2.24) is 0 Å². The Labute approximate surface area is 160 Å². The zero-order chi connectivity index (χ0) is 19.1. The molecule has 0 atom stereocenters. The van der Waals surface area contributed by atoms with E-state index in [9.17, 15) is 4.79 Å². The quantitative estimate of drug-likeness (QED) is 0.459. The lowest BCUT2D eigenvalue weighted by Gasteiger charge is -2.17. The number of carbonyl (C=O) groups is 1. The Balaban J connectivity index is 2.31. The third-order valence-corrected chi connectivity index (χ3v) is 4.54. The molecule has 2 aromatic rings. The minimum atomic E-state index is -0.302. The van der Waals surface area contributed by atoms with Crippen LogP contribution in [-0.4, -0.2) is 13.1 Å². The highest BCUT2D eigenvalue weighted by Crippen LogP contribution is 2.33. The number of hydrogen-bond acceptors (Lipinski definition) is 4.